The summed E-state index contributed by atoms with van der Waals surface area (Å²) >= 11 is 0. The molecule has 0 atom stereocenters. The van der Waals surface area contributed by atoms with Crippen LogP contribution in [0.5, 0.6) is 0 Å². The molecule has 1 fully saturated rings. The van der Waals surface area contributed by atoms with Gasteiger partial charge in [0, 0.05) is 24.0 Å². The normalized spacial score (nSPS) is 21.2. The van der Waals surface area contributed by atoms with E-state index in [-0.39, 0.29) is 28.0 Å². The first-order valence-electron chi connectivity index (χ1n) is 6.84. The lowest BCUT2D eigenvalue weighted by Gasteiger charge is -2.22. The lowest BCUT2D eigenvalue weighted by Crippen LogP contribution is -2.35. The summed E-state index contributed by atoms with van der Waals surface area (Å²) in [6, 6.07) is 0.288. The van der Waals surface area contributed by atoms with E-state index in [1.807, 2.05) is 20.8 Å². The van der Waals surface area contributed by atoms with Crippen LogP contribution in [0, 0.1) is 10.8 Å². The Morgan fingerprint density at radius 1 is 1.21 bits per heavy atom. The van der Waals surface area contributed by atoms with Crippen LogP contribution in [0.2, 0.25) is 0 Å². The fraction of sp³-hybridized carbons (Fsp3) is 0.733. The van der Waals surface area contributed by atoms with Gasteiger partial charge in [0.15, 0.2) is 5.82 Å². The minimum Gasteiger partial charge on any atom is -0.362 e. The zero-order valence-corrected chi connectivity index (χ0v) is 13.0. The Kier molecular flexibility index (Phi) is 2.85. The van der Waals surface area contributed by atoms with Gasteiger partial charge in [0.1, 0.15) is 0 Å². The number of hydrogen-bond acceptors (Lipinski definition) is 3. The number of rotatable bonds is 2. The third-order valence-electron chi connectivity index (χ3n) is 4.87. The standard InChI is InChI=1S/C15H25N3O/c1-13(2,3)18-9-8-16-10(11(18)19)17-12-14(4,5)15(12,6)7/h8-9,12H,1-7H3,(H,16,17). The van der Waals surface area contributed by atoms with Gasteiger partial charge in [-0.25, -0.2) is 4.98 Å². The predicted molar refractivity (Wildman–Crippen MR) is 78.5 cm³/mol. The summed E-state index contributed by atoms with van der Waals surface area (Å²) in [4.78, 5) is 16.7. The zero-order valence-electron chi connectivity index (χ0n) is 13.0. The second-order valence-corrected chi connectivity index (χ2v) is 7.64. The molecule has 0 bridgehead atoms. The van der Waals surface area contributed by atoms with E-state index in [0.717, 1.165) is 0 Å². The van der Waals surface area contributed by atoms with Gasteiger partial charge in [0.2, 0.25) is 0 Å². The topological polar surface area (TPSA) is 46.9 Å². The highest BCUT2D eigenvalue weighted by Crippen LogP contribution is 2.63. The lowest BCUT2D eigenvalue weighted by molar-refractivity contribution is 0.383. The SMILES string of the molecule is CC(C)(C)n1ccnc(NC2C(C)(C)C2(C)C)c1=O. The maximum Gasteiger partial charge on any atom is 0.293 e. The highest BCUT2D eigenvalue weighted by atomic mass is 16.1. The van der Waals surface area contributed by atoms with E-state index in [1.165, 1.54) is 0 Å². The van der Waals surface area contributed by atoms with Gasteiger partial charge in [0.25, 0.3) is 5.56 Å². The van der Waals surface area contributed by atoms with Gasteiger partial charge in [-0.15, -0.1) is 0 Å². The van der Waals surface area contributed by atoms with Gasteiger partial charge >= 0.3 is 0 Å². The van der Waals surface area contributed by atoms with Gasteiger partial charge in [-0.05, 0) is 31.6 Å². The van der Waals surface area contributed by atoms with Crippen molar-refractivity contribution in [2.24, 2.45) is 10.8 Å². The molecule has 1 aliphatic carbocycles. The maximum atomic E-state index is 12.4. The number of nitrogens with one attached hydrogen (secondary N) is 1. The predicted octanol–water partition coefficient (Wildman–Crippen LogP) is 2.84. The van der Waals surface area contributed by atoms with Crippen molar-refractivity contribution in [1.29, 1.82) is 0 Å². The minimum absolute atomic E-state index is 0.0477. The van der Waals surface area contributed by atoms with Crippen molar-refractivity contribution in [3.8, 4) is 0 Å². The molecule has 1 aromatic heterocycles. The molecular weight excluding hydrogens is 238 g/mol. The van der Waals surface area contributed by atoms with Gasteiger partial charge in [0.05, 0.1) is 0 Å². The van der Waals surface area contributed by atoms with Crippen LogP contribution in [-0.4, -0.2) is 15.6 Å². The van der Waals surface area contributed by atoms with E-state index in [1.54, 1.807) is 17.0 Å². The summed E-state index contributed by atoms with van der Waals surface area (Å²) in [5, 5.41) is 3.33. The maximum absolute atomic E-state index is 12.4. The molecule has 1 heterocycles. The van der Waals surface area contributed by atoms with Crippen molar-refractivity contribution in [2.75, 3.05) is 5.32 Å². The van der Waals surface area contributed by atoms with E-state index in [9.17, 15) is 4.79 Å². The molecule has 0 radical (unpaired) electrons. The molecule has 0 saturated heterocycles. The van der Waals surface area contributed by atoms with Gasteiger partial charge < -0.3 is 9.88 Å². The molecule has 4 heteroatoms. The van der Waals surface area contributed by atoms with Crippen molar-refractivity contribution in [3.63, 3.8) is 0 Å². The molecule has 0 spiro atoms. The van der Waals surface area contributed by atoms with Crippen LogP contribution in [0.25, 0.3) is 0 Å². The van der Waals surface area contributed by atoms with Crippen molar-refractivity contribution in [2.45, 2.75) is 60.0 Å². The van der Waals surface area contributed by atoms with Crippen molar-refractivity contribution in [3.05, 3.63) is 22.7 Å². The molecule has 2 rings (SSSR count). The lowest BCUT2D eigenvalue weighted by atomic mass is 10.0. The first-order valence-corrected chi connectivity index (χ1v) is 6.84. The van der Waals surface area contributed by atoms with Crippen LogP contribution in [0.4, 0.5) is 5.82 Å². The Morgan fingerprint density at radius 2 is 1.74 bits per heavy atom. The molecule has 0 aliphatic heterocycles. The third kappa shape index (κ3) is 2.07. The molecule has 1 saturated carbocycles. The second kappa shape index (κ2) is 3.84. The summed E-state index contributed by atoms with van der Waals surface area (Å²) in [6.45, 7) is 14.9. The van der Waals surface area contributed by atoms with Crippen LogP contribution < -0.4 is 10.9 Å². The van der Waals surface area contributed by atoms with Crippen molar-refractivity contribution in [1.82, 2.24) is 9.55 Å². The molecule has 4 nitrogen and oxygen atoms in total. The Balaban J connectivity index is 2.32. The molecule has 19 heavy (non-hydrogen) atoms. The summed E-state index contributed by atoms with van der Waals surface area (Å²) in [5.41, 5.74) is 0.0893. The average molecular weight is 263 g/mol. The fourth-order valence-corrected chi connectivity index (χ4v) is 2.73. The Labute approximate surface area is 115 Å². The van der Waals surface area contributed by atoms with Crippen LogP contribution in [-0.2, 0) is 5.54 Å². The number of anilines is 1. The Morgan fingerprint density at radius 3 is 2.16 bits per heavy atom. The van der Waals surface area contributed by atoms with Crippen molar-refractivity contribution < 1.29 is 0 Å². The minimum atomic E-state index is -0.231. The van der Waals surface area contributed by atoms with Gasteiger partial charge in [-0.1, -0.05) is 27.7 Å². The Hall–Kier alpha value is -1.32. The molecule has 0 amide bonds. The fourth-order valence-electron chi connectivity index (χ4n) is 2.73. The van der Waals surface area contributed by atoms with Gasteiger partial charge in [-0.2, -0.15) is 0 Å². The molecule has 1 N–H and O–H groups in total. The molecule has 1 aliphatic rings. The Bertz CT molecular complexity index is 535. The average Bonchev–Trinajstić information content (AvgIpc) is 2.61. The zero-order chi connectivity index (χ0) is 14.6. The van der Waals surface area contributed by atoms with E-state index in [0.29, 0.717) is 5.82 Å². The summed E-state index contributed by atoms with van der Waals surface area (Å²) in [5.74, 6) is 0.459. The highest BCUT2D eigenvalue weighted by Gasteiger charge is 2.65. The molecule has 0 aromatic carbocycles. The van der Waals surface area contributed by atoms with Crippen LogP contribution in [0.15, 0.2) is 17.2 Å². The van der Waals surface area contributed by atoms with E-state index in [2.05, 4.69) is 38.0 Å². The van der Waals surface area contributed by atoms with Crippen LogP contribution >= 0.6 is 0 Å². The first kappa shape index (κ1) is 14.1. The number of aromatic nitrogens is 2. The van der Waals surface area contributed by atoms with E-state index in [4.69, 9.17) is 0 Å². The molecule has 1 aromatic rings. The summed E-state index contributed by atoms with van der Waals surface area (Å²) in [6.07, 6.45) is 3.44. The van der Waals surface area contributed by atoms with Crippen LogP contribution in [0.3, 0.4) is 0 Å². The summed E-state index contributed by atoms with van der Waals surface area (Å²) in [7, 11) is 0. The monoisotopic (exact) mass is 263 g/mol. The molecule has 106 valence electrons. The second-order valence-electron chi connectivity index (χ2n) is 7.64. The van der Waals surface area contributed by atoms with Crippen LogP contribution in [0.1, 0.15) is 48.5 Å². The first-order chi connectivity index (χ1) is 8.49. The van der Waals surface area contributed by atoms with E-state index >= 15 is 0 Å². The van der Waals surface area contributed by atoms with E-state index < -0.39 is 0 Å². The largest absolute Gasteiger partial charge is 0.362 e. The number of nitrogens with zero attached hydrogens (tertiary/aromatic N) is 2. The number of hydrogen-bond donors (Lipinski definition) is 1. The molecule has 0 unspecified atom stereocenters. The quantitative estimate of drug-likeness (QED) is 0.892. The van der Waals surface area contributed by atoms with Gasteiger partial charge in [-0.3, -0.25) is 4.79 Å². The summed E-state index contributed by atoms with van der Waals surface area (Å²) < 4.78 is 1.73. The third-order valence-corrected chi connectivity index (χ3v) is 4.87. The molecular formula is C15H25N3O. The highest BCUT2D eigenvalue weighted by molar-refractivity contribution is 5.40. The van der Waals surface area contributed by atoms with Crippen molar-refractivity contribution >= 4 is 5.82 Å². The smallest absolute Gasteiger partial charge is 0.293 e.